The molecule has 6 heteroatoms. The van der Waals surface area contributed by atoms with E-state index in [0.29, 0.717) is 0 Å². The molecule has 0 spiro atoms. The minimum atomic E-state index is -4.41. The van der Waals surface area contributed by atoms with E-state index in [9.17, 15) is 18.0 Å². The Hall–Kier alpha value is -1.56. The molecule has 0 aliphatic heterocycles. The molecular formula is C12H14F3NO2. The maximum absolute atomic E-state index is 12.4. The summed E-state index contributed by atoms with van der Waals surface area (Å²) in [6.45, 7) is 1.39. The summed E-state index contributed by atoms with van der Waals surface area (Å²) < 4.78 is 37.3. The largest absolute Gasteiger partial charge is 0.416 e. The average molecular weight is 261 g/mol. The molecule has 0 saturated carbocycles. The number of aliphatic hydroxyl groups is 1. The summed E-state index contributed by atoms with van der Waals surface area (Å²) in [6, 6.07) is 4.21. The number of hydrogen-bond acceptors (Lipinski definition) is 2. The molecule has 1 atom stereocenters. The molecular weight excluding hydrogens is 247 g/mol. The zero-order chi connectivity index (χ0) is 13.8. The van der Waals surface area contributed by atoms with Gasteiger partial charge in [0.25, 0.3) is 0 Å². The molecule has 2 N–H and O–H groups in total. The van der Waals surface area contributed by atoms with Crippen LogP contribution in [0.25, 0.3) is 0 Å². The van der Waals surface area contributed by atoms with E-state index in [1.165, 1.54) is 12.1 Å². The highest BCUT2D eigenvalue weighted by atomic mass is 19.4. The summed E-state index contributed by atoms with van der Waals surface area (Å²) in [5, 5.41) is 11.2. The second-order valence-electron chi connectivity index (χ2n) is 4.03. The van der Waals surface area contributed by atoms with Gasteiger partial charge in [0.1, 0.15) is 0 Å². The van der Waals surface area contributed by atoms with Gasteiger partial charge in [0.05, 0.1) is 18.6 Å². The lowest BCUT2D eigenvalue weighted by atomic mass is 10.1. The van der Waals surface area contributed by atoms with E-state index in [1.807, 2.05) is 0 Å². The number of carbonyl (C=O) groups excluding carboxylic acids is 1. The van der Waals surface area contributed by atoms with Crippen LogP contribution in [0.4, 0.5) is 13.2 Å². The van der Waals surface area contributed by atoms with E-state index >= 15 is 0 Å². The van der Waals surface area contributed by atoms with Gasteiger partial charge >= 0.3 is 6.18 Å². The van der Waals surface area contributed by atoms with E-state index in [-0.39, 0.29) is 18.6 Å². The van der Waals surface area contributed by atoms with Gasteiger partial charge in [0, 0.05) is 6.04 Å². The topological polar surface area (TPSA) is 49.3 Å². The Balaban J connectivity index is 2.71. The molecule has 0 aliphatic carbocycles. The minimum Gasteiger partial charge on any atom is -0.394 e. The molecule has 0 heterocycles. The first-order valence-corrected chi connectivity index (χ1v) is 5.39. The fourth-order valence-electron chi connectivity index (χ4n) is 1.41. The monoisotopic (exact) mass is 261 g/mol. The van der Waals surface area contributed by atoms with Gasteiger partial charge in [-0.3, -0.25) is 4.79 Å². The Morgan fingerprint density at radius 2 is 2.11 bits per heavy atom. The van der Waals surface area contributed by atoms with Gasteiger partial charge in [-0.05, 0) is 18.6 Å². The van der Waals surface area contributed by atoms with E-state index in [4.69, 9.17) is 5.11 Å². The molecule has 18 heavy (non-hydrogen) atoms. The number of hydrogen-bond donors (Lipinski definition) is 2. The molecule has 0 unspecified atom stereocenters. The number of aliphatic hydroxyl groups excluding tert-OH is 1. The van der Waals surface area contributed by atoms with Crippen LogP contribution in [-0.2, 0) is 17.4 Å². The van der Waals surface area contributed by atoms with Gasteiger partial charge in [-0.15, -0.1) is 0 Å². The van der Waals surface area contributed by atoms with Crippen LogP contribution in [0, 0.1) is 0 Å². The Morgan fingerprint density at radius 1 is 1.44 bits per heavy atom. The highest BCUT2D eigenvalue weighted by molar-refractivity contribution is 5.78. The zero-order valence-corrected chi connectivity index (χ0v) is 9.79. The van der Waals surface area contributed by atoms with Gasteiger partial charge in [-0.25, -0.2) is 0 Å². The normalized spacial score (nSPS) is 13.2. The lowest BCUT2D eigenvalue weighted by molar-refractivity contribution is -0.137. The Labute approximate surface area is 103 Å². The van der Waals surface area contributed by atoms with E-state index < -0.39 is 23.7 Å². The van der Waals surface area contributed by atoms with E-state index in [0.717, 1.165) is 12.1 Å². The molecule has 0 fully saturated rings. The molecule has 0 saturated heterocycles. The van der Waals surface area contributed by atoms with Crippen LogP contribution >= 0.6 is 0 Å². The number of carbonyl (C=O) groups is 1. The third kappa shape index (κ3) is 4.37. The number of alkyl halides is 3. The second-order valence-corrected chi connectivity index (χ2v) is 4.03. The predicted molar refractivity (Wildman–Crippen MR) is 59.8 cm³/mol. The Bertz CT molecular complexity index is 418. The van der Waals surface area contributed by atoms with Crippen LogP contribution in [0.5, 0.6) is 0 Å². The van der Waals surface area contributed by atoms with Gasteiger partial charge < -0.3 is 10.4 Å². The van der Waals surface area contributed by atoms with Crippen molar-refractivity contribution in [2.45, 2.75) is 25.6 Å². The quantitative estimate of drug-likeness (QED) is 0.867. The van der Waals surface area contributed by atoms with Crippen molar-refractivity contribution in [3.05, 3.63) is 35.4 Å². The van der Waals surface area contributed by atoms with Crippen LogP contribution in [0.2, 0.25) is 0 Å². The fraction of sp³-hybridized carbons (Fsp3) is 0.417. The molecule has 0 aromatic heterocycles. The number of halogens is 3. The molecule has 0 bridgehead atoms. The standard InChI is InChI=1S/C12H14F3NO2/c1-8(7-17)16-11(18)6-9-3-2-4-10(5-9)12(13,14)15/h2-5,8,17H,6-7H2,1H3,(H,16,18)/t8-/m0/s1. The van der Waals surface area contributed by atoms with Crippen molar-refractivity contribution >= 4 is 5.91 Å². The fourth-order valence-corrected chi connectivity index (χ4v) is 1.41. The molecule has 0 aliphatic rings. The number of rotatable bonds is 4. The van der Waals surface area contributed by atoms with Gasteiger partial charge in [0.15, 0.2) is 0 Å². The van der Waals surface area contributed by atoms with Gasteiger partial charge in [-0.1, -0.05) is 18.2 Å². The maximum Gasteiger partial charge on any atom is 0.416 e. The Kier molecular flexibility index (Phi) is 4.72. The number of benzene rings is 1. The van der Waals surface area contributed by atoms with Crippen molar-refractivity contribution in [1.82, 2.24) is 5.32 Å². The van der Waals surface area contributed by atoms with Crippen LogP contribution in [0.3, 0.4) is 0 Å². The lowest BCUT2D eigenvalue weighted by Crippen LogP contribution is -2.36. The highest BCUT2D eigenvalue weighted by Crippen LogP contribution is 2.29. The second kappa shape index (κ2) is 5.86. The molecule has 100 valence electrons. The minimum absolute atomic E-state index is 0.145. The molecule has 0 radical (unpaired) electrons. The average Bonchev–Trinajstić information content (AvgIpc) is 2.27. The van der Waals surface area contributed by atoms with E-state index in [1.54, 1.807) is 6.92 Å². The van der Waals surface area contributed by atoms with Crippen molar-refractivity contribution in [2.75, 3.05) is 6.61 Å². The van der Waals surface area contributed by atoms with Crippen molar-refractivity contribution in [3.8, 4) is 0 Å². The first-order valence-electron chi connectivity index (χ1n) is 5.39. The summed E-state index contributed by atoms with van der Waals surface area (Å²) in [7, 11) is 0. The van der Waals surface area contributed by atoms with Gasteiger partial charge in [-0.2, -0.15) is 13.2 Å². The summed E-state index contributed by atoms with van der Waals surface area (Å²) in [6.07, 6.45) is -4.56. The third-order valence-electron chi connectivity index (χ3n) is 2.30. The summed E-state index contributed by atoms with van der Waals surface area (Å²) in [5.41, 5.74) is -0.490. The molecule has 1 rings (SSSR count). The summed E-state index contributed by atoms with van der Waals surface area (Å²) in [5.74, 6) is -0.420. The number of amides is 1. The van der Waals surface area contributed by atoms with Crippen molar-refractivity contribution < 1.29 is 23.1 Å². The summed E-state index contributed by atoms with van der Waals surface area (Å²) in [4.78, 5) is 11.4. The first kappa shape index (κ1) is 14.5. The van der Waals surface area contributed by atoms with E-state index in [2.05, 4.69) is 5.32 Å². The number of nitrogens with one attached hydrogen (secondary N) is 1. The zero-order valence-electron chi connectivity index (χ0n) is 9.79. The third-order valence-corrected chi connectivity index (χ3v) is 2.30. The van der Waals surface area contributed by atoms with Crippen LogP contribution < -0.4 is 5.32 Å². The van der Waals surface area contributed by atoms with Crippen molar-refractivity contribution in [3.63, 3.8) is 0 Å². The van der Waals surface area contributed by atoms with Crippen LogP contribution in [0.1, 0.15) is 18.1 Å². The molecule has 1 aromatic carbocycles. The van der Waals surface area contributed by atoms with Crippen molar-refractivity contribution in [1.29, 1.82) is 0 Å². The van der Waals surface area contributed by atoms with Gasteiger partial charge in [0.2, 0.25) is 5.91 Å². The molecule has 1 amide bonds. The predicted octanol–water partition coefficient (Wildman–Crippen LogP) is 1.74. The van der Waals surface area contributed by atoms with Crippen LogP contribution in [0.15, 0.2) is 24.3 Å². The lowest BCUT2D eigenvalue weighted by Gasteiger charge is -2.12. The maximum atomic E-state index is 12.4. The summed E-state index contributed by atoms with van der Waals surface area (Å²) >= 11 is 0. The smallest absolute Gasteiger partial charge is 0.394 e. The molecule has 3 nitrogen and oxygen atoms in total. The Morgan fingerprint density at radius 3 is 2.67 bits per heavy atom. The van der Waals surface area contributed by atoms with Crippen molar-refractivity contribution in [2.24, 2.45) is 0 Å². The highest BCUT2D eigenvalue weighted by Gasteiger charge is 2.30. The van der Waals surface area contributed by atoms with Crippen LogP contribution in [-0.4, -0.2) is 23.7 Å². The SMILES string of the molecule is C[C@@H](CO)NC(=O)Cc1cccc(C(F)(F)F)c1. The molecule has 1 aromatic rings. The first-order chi connectivity index (χ1) is 8.32.